The van der Waals surface area contributed by atoms with Crippen molar-refractivity contribution in [1.29, 1.82) is 0 Å². The number of thiophene rings is 1. The maximum absolute atomic E-state index is 13.4. The lowest BCUT2D eigenvalue weighted by Crippen LogP contribution is -2.26. The van der Waals surface area contributed by atoms with Crippen LogP contribution in [0.1, 0.15) is 65.4 Å². The summed E-state index contributed by atoms with van der Waals surface area (Å²) in [6.45, 7) is 5.65. The van der Waals surface area contributed by atoms with Crippen molar-refractivity contribution >= 4 is 45.0 Å². The Morgan fingerprint density at radius 3 is 2.74 bits per heavy atom. The molecule has 7 nitrogen and oxygen atoms in total. The van der Waals surface area contributed by atoms with Gasteiger partial charge in [-0.05, 0) is 44.4 Å². The van der Waals surface area contributed by atoms with Gasteiger partial charge in [-0.3, -0.25) is 19.0 Å². The summed E-state index contributed by atoms with van der Waals surface area (Å²) in [5.41, 5.74) is 1.00. The Kier molecular flexibility index (Phi) is 6.34. The average molecular weight is 460 g/mol. The van der Waals surface area contributed by atoms with Gasteiger partial charge in [0.1, 0.15) is 10.6 Å². The van der Waals surface area contributed by atoms with Crippen LogP contribution in [-0.2, 0) is 11.3 Å². The summed E-state index contributed by atoms with van der Waals surface area (Å²) in [7, 11) is 0. The van der Waals surface area contributed by atoms with Crippen molar-refractivity contribution in [1.82, 2.24) is 14.9 Å². The minimum atomic E-state index is -0.176. The first-order valence-corrected chi connectivity index (χ1v) is 12.2. The SMILES string of the molecule is CC(=O)NCc1ccc(C(=O)CSc2nc3sc(C)c(C)c3c(=O)n2C2CCCC2)o1. The van der Waals surface area contributed by atoms with Gasteiger partial charge in [-0.15, -0.1) is 11.3 Å². The van der Waals surface area contributed by atoms with Crippen LogP contribution in [-0.4, -0.2) is 27.0 Å². The second-order valence-corrected chi connectivity index (χ2v) is 10.0. The Morgan fingerprint density at radius 2 is 2.03 bits per heavy atom. The van der Waals surface area contributed by atoms with E-state index >= 15 is 0 Å². The van der Waals surface area contributed by atoms with Crippen LogP contribution in [0.2, 0.25) is 0 Å². The topological polar surface area (TPSA) is 94.2 Å². The van der Waals surface area contributed by atoms with Crippen LogP contribution in [0.3, 0.4) is 0 Å². The number of aryl methyl sites for hydroxylation is 2. The monoisotopic (exact) mass is 459 g/mol. The molecule has 1 amide bonds. The van der Waals surface area contributed by atoms with Crippen molar-refractivity contribution in [3.63, 3.8) is 0 Å². The van der Waals surface area contributed by atoms with Crippen molar-refractivity contribution in [3.05, 3.63) is 44.4 Å². The van der Waals surface area contributed by atoms with Crippen LogP contribution in [0.5, 0.6) is 0 Å². The fourth-order valence-corrected chi connectivity index (χ4v) is 5.92. The van der Waals surface area contributed by atoms with E-state index in [1.807, 2.05) is 18.4 Å². The number of nitrogens with one attached hydrogen (secondary N) is 1. The molecule has 164 valence electrons. The number of aromatic nitrogens is 2. The Balaban J connectivity index is 1.59. The molecule has 1 aliphatic carbocycles. The van der Waals surface area contributed by atoms with Gasteiger partial charge in [-0.25, -0.2) is 4.98 Å². The predicted molar refractivity (Wildman–Crippen MR) is 122 cm³/mol. The molecule has 9 heteroatoms. The Hall–Kier alpha value is -2.39. The van der Waals surface area contributed by atoms with Gasteiger partial charge >= 0.3 is 0 Å². The highest BCUT2D eigenvalue weighted by molar-refractivity contribution is 7.99. The smallest absolute Gasteiger partial charge is 0.263 e. The number of hydrogen-bond donors (Lipinski definition) is 1. The van der Waals surface area contributed by atoms with Gasteiger partial charge in [0.15, 0.2) is 10.9 Å². The third kappa shape index (κ3) is 4.48. The zero-order valence-electron chi connectivity index (χ0n) is 17.8. The number of furan rings is 1. The molecule has 1 saturated carbocycles. The van der Waals surface area contributed by atoms with E-state index in [1.165, 1.54) is 30.0 Å². The van der Waals surface area contributed by atoms with Crippen molar-refractivity contribution in [2.45, 2.75) is 64.2 Å². The molecule has 0 saturated heterocycles. The number of hydrogen-bond acceptors (Lipinski definition) is 7. The number of carbonyl (C=O) groups excluding carboxylic acids is 2. The molecule has 4 rings (SSSR count). The number of ketones is 1. The van der Waals surface area contributed by atoms with Gasteiger partial charge in [0.05, 0.1) is 17.7 Å². The molecule has 0 aromatic carbocycles. The highest BCUT2D eigenvalue weighted by atomic mass is 32.2. The molecule has 31 heavy (non-hydrogen) atoms. The molecule has 3 aromatic rings. The van der Waals surface area contributed by atoms with Gasteiger partial charge in [0, 0.05) is 17.8 Å². The van der Waals surface area contributed by atoms with Gasteiger partial charge in [-0.1, -0.05) is 24.6 Å². The molecule has 0 unspecified atom stereocenters. The number of fused-ring (bicyclic) bond motifs is 1. The highest BCUT2D eigenvalue weighted by Crippen LogP contribution is 2.34. The Bertz CT molecular complexity index is 1200. The quantitative estimate of drug-likeness (QED) is 0.320. The number of thioether (sulfide) groups is 1. The van der Waals surface area contributed by atoms with E-state index < -0.39 is 0 Å². The first kappa shape index (κ1) is 21.8. The number of amides is 1. The third-order valence-electron chi connectivity index (χ3n) is 5.67. The molecular formula is C22H25N3O4S2. The second-order valence-electron chi connectivity index (χ2n) is 7.86. The number of Topliss-reactive ketones (excluding diaryl/α,β-unsaturated/α-hetero) is 1. The first-order valence-electron chi connectivity index (χ1n) is 10.4. The molecular weight excluding hydrogens is 434 g/mol. The van der Waals surface area contributed by atoms with Gasteiger partial charge in [0.25, 0.3) is 5.56 Å². The van der Waals surface area contributed by atoms with E-state index in [0.717, 1.165) is 41.0 Å². The molecule has 0 atom stereocenters. The van der Waals surface area contributed by atoms with E-state index in [2.05, 4.69) is 5.32 Å². The largest absolute Gasteiger partial charge is 0.456 e. The van der Waals surface area contributed by atoms with E-state index in [9.17, 15) is 14.4 Å². The molecule has 0 bridgehead atoms. The highest BCUT2D eigenvalue weighted by Gasteiger charge is 2.25. The van der Waals surface area contributed by atoms with Crippen molar-refractivity contribution in [3.8, 4) is 0 Å². The normalized spacial score (nSPS) is 14.4. The summed E-state index contributed by atoms with van der Waals surface area (Å²) >= 11 is 2.81. The fourth-order valence-electron chi connectivity index (χ4n) is 3.91. The summed E-state index contributed by atoms with van der Waals surface area (Å²) in [4.78, 5) is 43.8. The summed E-state index contributed by atoms with van der Waals surface area (Å²) in [5, 5.41) is 3.95. The minimum absolute atomic E-state index is 0.00397. The molecule has 0 aliphatic heterocycles. The molecule has 1 fully saturated rings. The van der Waals surface area contributed by atoms with Crippen LogP contribution in [0.25, 0.3) is 10.2 Å². The van der Waals surface area contributed by atoms with Crippen molar-refractivity contribution < 1.29 is 14.0 Å². The van der Waals surface area contributed by atoms with E-state index in [1.54, 1.807) is 12.1 Å². The number of carbonyl (C=O) groups is 2. The lowest BCUT2D eigenvalue weighted by atomic mass is 10.2. The fraction of sp³-hybridized carbons (Fsp3) is 0.455. The average Bonchev–Trinajstić information content (AvgIpc) is 3.46. The summed E-state index contributed by atoms with van der Waals surface area (Å²) in [5.74, 6) is 0.554. The zero-order valence-corrected chi connectivity index (χ0v) is 19.5. The maximum Gasteiger partial charge on any atom is 0.263 e. The van der Waals surface area contributed by atoms with Crippen LogP contribution in [0.4, 0.5) is 0 Å². The standard InChI is InChI=1S/C22H25N3O4S2/c1-12-13(2)31-20-19(12)21(28)25(15-6-4-5-7-15)22(24-20)30-11-17(27)18-9-8-16(29-18)10-23-14(3)26/h8-9,15H,4-7,10-11H2,1-3H3,(H,23,26). The lowest BCUT2D eigenvalue weighted by Gasteiger charge is -2.17. The van der Waals surface area contributed by atoms with E-state index in [4.69, 9.17) is 9.40 Å². The molecule has 1 N–H and O–H groups in total. The van der Waals surface area contributed by atoms with Crippen molar-refractivity contribution in [2.75, 3.05) is 5.75 Å². The molecule has 3 aromatic heterocycles. The summed E-state index contributed by atoms with van der Waals surface area (Å²) in [6, 6.07) is 3.44. The molecule has 0 radical (unpaired) electrons. The lowest BCUT2D eigenvalue weighted by molar-refractivity contribution is -0.119. The number of nitrogens with zero attached hydrogens (tertiary/aromatic N) is 2. The minimum Gasteiger partial charge on any atom is -0.456 e. The maximum atomic E-state index is 13.4. The van der Waals surface area contributed by atoms with Crippen LogP contribution in [0, 0.1) is 13.8 Å². The second kappa shape index (κ2) is 9.00. The van der Waals surface area contributed by atoms with Gasteiger partial charge < -0.3 is 9.73 Å². The van der Waals surface area contributed by atoms with Gasteiger partial charge in [-0.2, -0.15) is 0 Å². The van der Waals surface area contributed by atoms with Crippen LogP contribution in [0.15, 0.2) is 26.5 Å². The number of rotatable bonds is 7. The Labute approximate surface area is 188 Å². The van der Waals surface area contributed by atoms with E-state index in [-0.39, 0.29) is 41.3 Å². The Morgan fingerprint density at radius 1 is 1.29 bits per heavy atom. The predicted octanol–water partition coefficient (Wildman–Crippen LogP) is 4.39. The zero-order chi connectivity index (χ0) is 22.1. The summed E-state index contributed by atoms with van der Waals surface area (Å²) < 4.78 is 7.38. The molecule has 0 spiro atoms. The first-order chi connectivity index (χ1) is 14.8. The summed E-state index contributed by atoms with van der Waals surface area (Å²) in [6.07, 6.45) is 4.12. The van der Waals surface area contributed by atoms with Gasteiger partial charge in [0.2, 0.25) is 11.7 Å². The molecule has 1 aliphatic rings. The van der Waals surface area contributed by atoms with Crippen LogP contribution < -0.4 is 10.9 Å². The van der Waals surface area contributed by atoms with Crippen LogP contribution >= 0.6 is 23.1 Å². The third-order valence-corrected chi connectivity index (χ3v) is 7.73. The van der Waals surface area contributed by atoms with Crippen molar-refractivity contribution in [2.24, 2.45) is 0 Å². The molecule has 3 heterocycles. The van der Waals surface area contributed by atoms with E-state index in [0.29, 0.717) is 16.3 Å².